The first-order valence-corrected chi connectivity index (χ1v) is 5.00. The number of aromatic nitrogens is 4. The number of alkyl halides is 3. The molecule has 18 heavy (non-hydrogen) atoms. The lowest BCUT2D eigenvalue weighted by molar-refractivity contribution is -0.137. The number of ether oxygens (including phenoxy) is 1. The van der Waals surface area contributed by atoms with Crippen molar-refractivity contribution >= 4 is 11.6 Å². The van der Waals surface area contributed by atoms with E-state index in [9.17, 15) is 13.2 Å². The van der Waals surface area contributed by atoms with Crippen LogP contribution in [0.5, 0.6) is 11.9 Å². The molecule has 0 unspecified atom stereocenters. The van der Waals surface area contributed by atoms with Gasteiger partial charge in [0.2, 0.25) is 5.88 Å². The Labute approximate surface area is 104 Å². The zero-order chi connectivity index (χ0) is 13.3. The van der Waals surface area contributed by atoms with E-state index in [0.717, 1.165) is 6.07 Å². The Hall–Kier alpha value is -1.83. The third-order valence-electron chi connectivity index (χ3n) is 1.87. The zero-order valence-electron chi connectivity index (χ0n) is 8.94. The van der Waals surface area contributed by atoms with Crippen LogP contribution in [0.1, 0.15) is 5.56 Å². The highest BCUT2D eigenvalue weighted by atomic mass is 35.5. The van der Waals surface area contributed by atoms with Gasteiger partial charge in [0, 0.05) is 13.1 Å². The lowest BCUT2D eigenvalue weighted by Gasteiger charge is -2.08. The second-order valence-corrected chi connectivity index (χ2v) is 3.70. The summed E-state index contributed by atoms with van der Waals surface area (Å²) < 4.78 is 43.9. The maximum absolute atomic E-state index is 12.5. The topological polar surface area (TPSA) is 52.8 Å². The van der Waals surface area contributed by atoms with Crippen molar-refractivity contribution < 1.29 is 17.9 Å². The second-order valence-electron chi connectivity index (χ2n) is 3.32. The van der Waals surface area contributed by atoms with Crippen LogP contribution in [0.2, 0.25) is 5.15 Å². The van der Waals surface area contributed by atoms with Crippen LogP contribution < -0.4 is 4.74 Å². The highest BCUT2D eigenvalue weighted by molar-refractivity contribution is 6.29. The molecule has 5 nitrogen and oxygen atoms in total. The first kappa shape index (κ1) is 12.6. The van der Waals surface area contributed by atoms with E-state index in [0.29, 0.717) is 6.07 Å². The summed E-state index contributed by atoms with van der Waals surface area (Å²) in [5.74, 6) is -0.318. The van der Waals surface area contributed by atoms with Crippen LogP contribution in [0.4, 0.5) is 13.2 Å². The van der Waals surface area contributed by atoms with E-state index in [-0.39, 0.29) is 17.0 Å². The maximum Gasteiger partial charge on any atom is 0.416 e. The molecule has 0 aliphatic carbocycles. The number of aryl methyl sites for hydroxylation is 1. The van der Waals surface area contributed by atoms with Gasteiger partial charge in [0.1, 0.15) is 11.5 Å². The number of hydrogen-bond donors (Lipinski definition) is 0. The van der Waals surface area contributed by atoms with Gasteiger partial charge in [-0.2, -0.15) is 18.2 Å². The van der Waals surface area contributed by atoms with Gasteiger partial charge in [-0.05, 0) is 6.07 Å². The van der Waals surface area contributed by atoms with Crippen LogP contribution in [-0.4, -0.2) is 19.7 Å². The van der Waals surface area contributed by atoms with Gasteiger partial charge >= 0.3 is 12.2 Å². The van der Waals surface area contributed by atoms with E-state index in [1.807, 2.05) is 0 Å². The Balaban J connectivity index is 2.31. The molecule has 0 saturated carbocycles. The summed E-state index contributed by atoms with van der Waals surface area (Å²) in [6.45, 7) is 0. The van der Waals surface area contributed by atoms with Gasteiger partial charge in [0.15, 0.2) is 0 Å². The molecule has 0 fully saturated rings. The molecule has 0 aliphatic rings. The third-order valence-corrected chi connectivity index (χ3v) is 2.07. The molecule has 2 aromatic heterocycles. The van der Waals surface area contributed by atoms with Crippen molar-refractivity contribution in [2.24, 2.45) is 7.05 Å². The molecule has 2 aromatic rings. The number of rotatable bonds is 2. The quantitative estimate of drug-likeness (QED) is 0.793. The smallest absolute Gasteiger partial charge is 0.404 e. The molecule has 0 bridgehead atoms. The summed E-state index contributed by atoms with van der Waals surface area (Å²) in [6, 6.07) is 1.32. The number of pyridine rings is 1. The van der Waals surface area contributed by atoms with Crippen LogP contribution in [0.3, 0.4) is 0 Å². The van der Waals surface area contributed by atoms with E-state index in [2.05, 4.69) is 15.1 Å². The lowest BCUT2D eigenvalue weighted by atomic mass is 10.2. The standard InChI is InChI=1S/C9H6ClF3N4O/c1-17-4-14-8(16-17)18-7-3-5(9(11,12)13)2-6(10)15-7/h2-4H,1H3. The average molecular weight is 279 g/mol. The molecular weight excluding hydrogens is 273 g/mol. The number of hydrogen-bond acceptors (Lipinski definition) is 4. The maximum atomic E-state index is 12.5. The molecule has 0 N–H and O–H groups in total. The fraction of sp³-hybridized carbons (Fsp3) is 0.222. The lowest BCUT2D eigenvalue weighted by Crippen LogP contribution is -2.06. The first-order chi connectivity index (χ1) is 8.34. The van der Waals surface area contributed by atoms with Gasteiger partial charge in [-0.1, -0.05) is 11.6 Å². The van der Waals surface area contributed by atoms with E-state index in [4.69, 9.17) is 16.3 Å². The molecule has 0 aromatic carbocycles. The van der Waals surface area contributed by atoms with Gasteiger partial charge in [0.25, 0.3) is 0 Å². The molecule has 96 valence electrons. The summed E-state index contributed by atoms with van der Waals surface area (Å²) in [5, 5.41) is 3.42. The van der Waals surface area contributed by atoms with Crippen molar-refractivity contribution in [3.8, 4) is 11.9 Å². The molecule has 0 radical (unpaired) electrons. The SMILES string of the molecule is Cn1cnc(Oc2cc(C(F)(F)F)cc(Cl)n2)n1. The van der Waals surface area contributed by atoms with Crippen molar-refractivity contribution in [2.45, 2.75) is 6.18 Å². The predicted octanol–water partition coefficient (Wildman–Crippen LogP) is 2.67. The Morgan fingerprint density at radius 1 is 1.33 bits per heavy atom. The van der Waals surface area contributed by atoms with Gasteiger partial charge in [-0.15, -0.1) is 5.10 Å². The molecule has 0 amide bonds. The van der Waals surface area contributed by atoms with Crippen LogP contribution in [0, 0.1) is 0 Å². The van der Waals surface area contributed by atoms with E-state index in [1.54, 1.807) is 7.05 Å². The number of halogens is 4. The van der Waals surface area contributed by atoms with Crippen molar-refractivity contribution in [3.05, 3.63) is 29.2 Å². The van der Waals surface area contributed by atoms with Crippen molar-refractivity contribution in [1.29, 1.82) is 0 Å². The van der Waals surface area contributed by atoms with Crippen LogP contribution in [-0.2, 0) is 13.2 Å². The van der Waals surface area contributed by atoms with Gasteiger partial charge in [-0.25, -0.2) is 4.98 Å². The van der Waals surface area contributed by atoms with Gasteiger partial charge in [-0.3, -0.25) is 4.68 Å². The first-order valence-electron chi connectivity index (χ1n) is 4.63. The monoisotopic (exact) mass is 278 g/mol. The van der Waals surface area contributed by atoms with Crippen molar-refractivity contribution in [1.82, 2.24) is 19.7 Å². The van der Waals surface area contributed by atoms with Crippen molar-refractivity contribution in [3.63, 3.8) is 0 Å². The summed E-state index contributed by atoms with van der Waals surface area (Å²) in [6.07, 6.45) is -3.19. The van der Waals surface area contributed by atoms with E-state index < -0.39 is 11.7 Å². The molecule has 2 heterocycles. The fourth-order valence-electron chi connectivity index (χ4n) is 1.15. The van der Waals surface area contributed by atoms with Crippen molar-refractivity contribution in [2.75, 3.05) is 0 Å². The normalized spacial score (nSPS) is 11.6. The Bertz CT molecular complexity index is 569. The summed E-state index contributed by atoms with van der Waals surface area (Å²) in [4.78, 5) is 7.30. The largest absolute Gasteiger partial charge is 0.416 e. The zero-order valence-corrected chi connectivity index (χ0v) is 9.70. The Morgan fingerprint density at radius 3 is 2.61 bits per heavy atom. The van der Waals surface area contributed by atoms with E-state index >= 15 is 0 Å². The highest BCUT2D eigenvalue weighted by Crippen LogP contribution is 2.33. The minimum atomic E-state index is -4.53. The van der Waals surface area contributed by atoms with Gasteiger partial charge < -0.3 is 4.74 Å². The fourth-order valence-corrected chi connectivity index (χ4v) is 1.35. The summed E-state index contributed by atoms with van der Waals surface area (Å²) in [5.41, 5.74) is -0.951. The second kappa shape index (κ2) is 4.45. The molecular formula is C9H6ClF3N4O. The molecule has 0 atom stereocenters. The van der Waals surface area contributed by atoms with Crippen LogP contribution in [0.15, 0.2) is 18.5 Å². The Morgan fingerprint density at radius 2 is 2.06 bits per heavy atom. The minimum absolute atomic E-state index is 0.111. The number of nitrogens with zero attached hydrogens (tertiary/aromatic N) is 4. The van der Waals surface area contributed by atoms with Crippen LogP contribution >= 0.6 is 11.6 Å². The molecule has 0 spiro atoms. The summed E-state index contributed by atoms with van der Waals surface area (Å²) >= 11 is 5.49. The molecule has 9 heteroatoms. The average Bonchev–Trinajstić information content (AvgIpc) is 2.61. The third kappa shape index (κ3) is 2.89. The van der Waals surface area contributed by atoms with Gasteiger partial charge in [0.05, 0.1) is 5.56 Å². The molecule has 0 aliphatic heterocycles. The van der Waals surface area contributed by atoms with E-state index in [1.165, 1.54) is 11.0 Å². The Kier molecular flexibility index (Phi) is 3.12. The highest BCUT2D eigenvalue weighted by Gasteiger charge is 2.32. The summed E-state index contributed by atoms with van der Waals surface area (Å²) in [7, 11) is 1.59. The molecule has 0 saturated heterocycles. The minimum Gasteiger partial charge on any atom is -0.404 e. The van der Waals surface area contributed by atoms with Crippen LogP contribution in [0.25, 0.3) is 0 Å². The predicted molar refractivity (Wildman–Crippen MR) is 55.3 cm³/mol. The molecule has 2 rings (SSSR count).